The first-order valence-corrected chi connectivity index (χ1v) is 7.63. The van der Waals surface area contributed by atoms with Crippen molar-refractivity contribution in [2.45, 2.75) is 6.61 Å². The Hall–Kier alpha value is -2.26. The minimum absolute atomic E-state index is 0.568. The second-order valence-corrected chi connectivity index (χ2v) is 5.30. The molecule has 0 bridgehead atoms. The maximum Gasteiger partial charge on any atom is 0.143 e. The number of benzene rings is 2. The zero-order valence-electron chi connectivity index (χ0n) is 12.7. The molecule has 1 saturated heterocycles. The van der Waals surface area contributed by atoms with Gasteiger partial charge in [-0.25, -0.2) is 0 Å². The average molecular weight is 295 g/mol. The molecular weight excluding hydrogens is 274 g/mol. The zero-order chi connectivity index (χ0) is 15.2. The number of nitrogens with zero attached hydrogens (tertiary/aromatic N) is 1. The van der Waals surface area contributed by atoms with Crippen molar-refractivity contribution in [3.8, 4) is 5.75 Å². The Morgan fingerprint density at radius 1 is 1.09 bits per heavy atom. The Kier molecular flexibility index (Phi) is 4.76. The van der Waals surface area contributed by atoms with Crippen LogP contribution in [0.1, 0.15) is 11.1 Å². The largest absolute Gasteiger partial charge is 0.487 e. The summed E-state index contributed by atoms with van der Waals surface area (Å²) in [6.07, 6.45) is 1.85. The van der Waals surface area contributed by atoms with Gasteiger partial charge in [0.2, 0.25) is 0 Å². The molecule has 0 aromatic heterocycles. The lowest BCUT2D eigenvalue weighted by Gasteiger charge is -2.30. The zero-order valence-corrected chi connectivity index (χ0v) is 12.7. The summed E-state index contributed by atoms with van der Waals surface area (Å²) in [6, 6.07) is 16.5. The molecule has 114 valence electrons. The second-order valence-electron chi connectivity index (χ2n) is 5.30. The van der Waals surface area contributed by atoms with Crippen molar-refractivity contribution in [3.63, 3.8) is 0 Å². The Balaban J connectivity index is 1.81. The van der Waals surface area contributed by atoms with Crippen LogP contribution in [0.25, 0.3) is 6.08 Å². The number of hydrogen-bond donors (Lipinski definition) is 0. The molecule has 0 spiro atoms. The minimum Gasteiger partial charge on any atom is -0.487 e. The van der Waals surface area contributed by atoms with Crippen LogP contribution in [0.4, 0.5) is 5.69 Å². The summed E-state index contributed by atoms with van der Waals surface area (Å²) < 4.78 is 11.5. The predicted octanol–water partition coefficient (Wildman–Crippen LogP) is 3.75. The van der Waals surface area contributed by atoms with Crippen LogP contribution in [-0.2, 0) is 11.3 Å². The number of rotatable bonds is 5. The Labute approximate surface area is 131 Å². The third-order valence-electron chi connectivity index (χ3n) is 3.81. The van der Waals surface area contributed by atoms with E-state index >= 15 is 0 Å². The smallest absolute Gasteiger partial charge is 0.143 e. The van der Waals surface area contributed by atoms with Crippen molar-refractivity contribution in [2.24, 2.45) is 0 Å². The molecule has 3 heteroatoms. The topological polar surface area (TPSA) is 21.7 Å². The Morgan fingerprint density at radius 2 is 1.86 bits per heavy atom. The molecule has 0 atom stereocenters. The van der Waals surface area contributed by atoms with Gasteiger partial charge in [0.25, 0.3) is 0 Å². The van der Waals surface area contributed by atoms with E-state index in [1.54, 1.807) is 0 Å². The molecule has 0 aliphatic carbocycles. The van der Waals surface area contributed by atoms with Gasteiger partial charge in [-0.15, -0.1) is 0 Å². The highest BCUT2D eigenvalue weighted by Crippen LogP contribution is 2.31. The van der Waals surface area contributed by atoms with Gasteiger partial charge < -0.3 is 14.4 Å². The van der Waals surface area contributed by atoms with Gasteiger partial charge in [-0.2, -0.15) is 0 Å². The molecule has 1 aliphatic heterocycles. The van der Waals surface area contributed by atoms with Crippen LogP contribution in [0.3, 0.4) is 0 Å². The van der Waals surface area contributed by atoms with Crippen molar-refractivity contribution >= 4 is 11.8 Å². The Morgan fingerprint density at radius 3 is 2.59 bits per heavy atom. The monoisotopic (exact) mass is 295 g/mol. The maximum atomic E-state index is 6.09. The second kappa shape index (κ2) is 7.14. The predicted molar refractivity (Wildman–Crippen MR) is 90.3 cm³/mol. The highest BCUT2D eigenvalue weighted by Gasteiger charge is 2.16. The van der Waals surface area contributed by atoms with Crippen LogP contribution in [0, 0.1) is 0 Å². The van der Waals surface area contributed by atoms with E-state index in [9.17, 15) is 0 Å². The lowest BCUT2D eigenvalue weighted by molar-refractivity contribution is 0.122. The summed E-state index contributed by atoms with van der Waals surface area (Å²) in [5.41, 5.74) is 3.37. The normalized spacial score (nSPS) is 14.6. The van der Waals surface area contributed by atoms with Crippen LogP contribution in [0.2, 0.25) is 0 Å². The van der Waals surface area contributed by atoms with E-state index in [0.717, 1.165) is 43.3 Å². The highest BCUT2D eigenvalue weighted by molar-refractivity contribution is 5.64. The van der Waals surface area contributed by atoms with Crippen LogP contribution < -0.4 is 9.64 Å². The van der Waals surface area contributed by atoms with Gasteiger partial charge >= 0.3 is 0 Å². The molecule has 3 rings (SSSR count). The van der Waals surface area contributed by atoms with Crippen LogP contribution >= 0.6 is 0 Å². The SMILES string of the molecule is C=Cc1ccc(N2CCOCC2)c(OCc2ccccc2)c1. The molecule has 2 aromatic rings. The lowest BCUT2D eigenvalue weighted by Crippen LogP contribution is -2.36. The van der Waals surface area contributed by atoms with E-state index in [1.807, 2.05) is 24.3 Å². The van der Waals surface area contributed by atoms with Gasteiger partial charge in [-0.05, 0) is 23.3 Å². The fourth-order valence-corrected chi connectivity index (χ4v) is 2.57. The van der Waals surface area contributed by atoms with E-state index in [0.29, 0.717) is 6.61 Å². The van der Waals surface area contributed by atoms with E-state index in [1.165, 1.54) is 5.56 Å². The van der Waals surface area contributed by atoms with Crippen LogP contribution in [-0.4, -0.2) is 26.3 Å². The van der Waals surface area contributed by atoms with Crippen molar-refractivity contribution in [1.29, 1.82) is 0 Å². The van der Waals surface area contributed by atoms with Gasteiger partial charge in [0, 0.05) is 13.1 Å². The summed E-state index contributed by atoms with van der Waals surface area (Å²) in [5, 5.41) is 0. The summed E-state index contributed by atoms with van der Waals surface area (Å²) in [4.78, 5) is 2.32. The van der Waals surface area contributed by atoms with Crippen LogP contribution in [0.5, 0.6) is 5.75 Å². The van der Waals surface area contributed by atoms with E-state index in [-0.39, 0.29) is 0 Å². The number of morpholine rings is 1. The minimum atomic E-state index is 0.568. The molecule has 0 N–H and O–H groups in total. The van der Waals surface area contributed by atoms with Crippen molar-refractivity contribution < 1.29 is 9.47 Å². The first-order chi connectivity index (χ1) is 10.9. The lowest BCUT2D eigenvalue weighted by atomic mass is 10.1. The van der Waals surface area contributed by atoms with E-state index in [2.05, 4.69) is 41.8 Å². The Bertz CT molecular complexity index is 619. The fraction of sp³-hybridized carbons (Fsp3) is 0.263. The third kappa shape index (κ3) is 3.49. The van der Waals surface area contributed by atoms with Crippen LogP contribution in [0.15, 0.2) is 55.1 Å². The third-order valence-corrected chi connectivity index (χ3v) is 3.81. The van der Waals surface area contributed by atoms with E-state index in [4.69, 9.17) is 9.47 Å². The molecule has 2 aromatic carbocycles. The standard InChI is InChI=1S/C19H21NO2/c1-2-16-8-9-18(20-10-12-21-13-11-20)19(14-16)22-15-17-6-4-3-5-7-17/h2-9,14H,1,10-13,15H2. The molecule has 0 amide bonds. The summed E-state index contributed by atoms with van der Waals surface area (Å²) in [6.45, 7) is 7.74. The van der Waals surface area contributed by atoms with Gasteiger partial charge in [0.1, 0.15) is 12.4 Å². The molecule has 1 fully saturated rings. The average Bonchev–Trinajstić information content (AvgIpc) is 2.61. The summed E-state index contributed by atoms with van der Waals surface area (Å²) in [5.74, 6) is 0.906. The summed E-state index contributed by atoms with van der Waals surface area (Å²) >= 11 is 0. The van der Waals surface area contributed by atoms with Gasteiger partial charge in [-0.1, -0.05) is 49.1 Å². The van der Waals surface area contributed by atoms with Crippen molar-refractivity contribution in [2.75, 3.05) is 31.2 Å². The molecule has 1 heterocycles. The molecule has 0 radical (unpaired) electrons. The number of anilines is 1. The molecule has 22 heavy (non-hydrogen) atoms. The number of ether oxygens (including phenoxy) is 2. The van der Waals surface area contributed by atoms with Gasteiger partial charge in [-0.3, -0.25) is 0 Å². The number of hydrogen-bond acceptors (Lipinski definition) is 3. The van der Waals surface area contributed by atoms with Crippen molar-refractivity contribution in [1.82, 2.24) is 0 Å². The highest BCUT2D eigenvalue weighted by atomic mass is 16.5. The summed E-state index contributed by atoms with van der Waals surface area (Å²) in [7, 11) is 0. The maximum absolute atomic E-state index is 6.09. The van der Waals surface area contributed by atoms with Crippen molar-refractivity contribution in [3.05, 3.63) is 66.2 Å². The molecule has 1 aliphatic rings. The first kappa shape index (κ1) is 14.7. The molecule has 0 unspecified atom stereocenters. The molecule has 0 saturated carbocycles. The van der Waals surface area contributed by atoms with Gasteiger partial charge in [0.05, 0.1) is 18.9 Å². The van der Waals surface area contributed by atoms with E-state index < -0.39 is 0 Å². The van der Waals surface area contributed by atoms with Gasteiger partial charge in [0.15, 0.2) is 0 Å². The molecular formula is C19H21NO2. The first-order valence-electron chi connectivity index (χ1n) is 7.63. The molecule has 3 nitrogen and oxygen atoms in total. The quantitative estimate of drug-likeness (QED) is 0.838. The fourth-order valence-electron chi connectivity index (χ4n) is 2.57.